The zero-order chi connectivity index (χ0) is 17.7. The first kappa shape index (κ1) is 15.7. The molecule has 2 aromatic carbocycles. The van der Waals surface area contributed by atoms with Crippen molar-refractivity contribution in [2.75, 3.05) is 25.1 Å². The van der Waals surface area contributed by atoms with E-state index in [0.29, 0.717) is 21.9 Å². The van der Waals surface area contributed by atoms with E-state index >= 15 is 0 Å². The fraction of sp³-hybridized carbons (Fsp3) is 0.286. The molecule has 5 heteroatoms. The number of hydrogen-bond donors (Lipinski definition) is 0. The van der Waals surface area contributed by atoms with Crippen LogP contribution in [0, 0.1) is 0 Å². The van der Waals surface area contributed by atoms with E-state index in [-0.39, 0.29) is 5.43 Å². The molecular weight excluding hydrogens is 346 g/mol. The van der Waals surface area contributed by atoms with Crippen LogP contribution in [0.15, 0.2) is 44.9 Å². The van der Waals surface area contributed by atoms with Gasteiger partial charge in [0.25, 0.3) is 0 Å². The summed E-state index contributed by atoms with van der Waals surface area (Å²) in [6.45, 7) is 1.88. The van der Waals surface area contributed by atoms with Gasteiger partial charge >= 0.3 is 0 Å². The first-order valence-corrected chi connectivity index (χ1v) is 9.85. The van der Waals surface area contributed by atoms with Gasteiger partial charge in [0, 0.05) is 18.5 Å². The van der Waals surface area contributed by atoms with Crippen LogP contribution < -0.4 is 15.1 Å². The van der Waals surface area contributed by atoms with Crippen LogP contribution in [-0.4, -0.2) is 20.2 Å². The summed E-state index contributed by atoms with van der Waals surface area (Å²) in [6.07, 6.45) is 3.49. The Morgan fingerprint density at radius 2 is 1.88 bits per heavy atom. The molecule has 0 radical (unpaired) electrons. The van der Waals surface area contributed by atoms with E-state index in [1.165, 1.54) is 6.42 Å². The fourth-order valence-corrected chi connectivity index (χ4v) is 4.96. The van der Waals surface area contributed by atoms with E-state index in [4.69, 9.17) is 9.15 Å². The van der Waals surface area contributed by atoms with E-state index in [0.717, 1.165) is 47.5 Å². The minimum atomic E-state index is 0.0221. The van der Waals surface area contributed by atoms with Gasteiger partial charge < -0.3 is 14.1 Å². The molecule has 2 aromatic heterocycles. The second-order valence-corrected chi connectivity index (χ2v) is 7.64. The summed E-state index contributed by atoms with van der Waals surface area (Å²) in [6, 6.07) is 9.50. The van der Waals surface area contributed by atoms with Gasteiger partial charge in [-0.05, 0) is 42.8 Å². The molecule has 0 spiro atoms. The third-order valence-electron chi connectivity index (χ3n) is 5.24. The van der Waals surface area contributed by atoms with Crippen molar-refractivity contribution in [3.63, 3.8) is 0 Å². The van der Waals surface area contributed by atoms with Crippen molar-refractivity contribution in [3.8, 4) is 5.75 Å². The molecule has 132 valence electrons. The monoisotopic (exact) mass is 365 g/mol. The van der Waals surface area contributed by atoms with Crippen LogP contribution in [0.5, 0.6) is 5.75 Å². The summed E-state index contributed by atoms with van der Waals surface area (Å²) in [4.78, 5) is 15.7. The topological polar surface area (TPSA) is 42.7 Å². The minimum Gasteiger partial charge on any atom is -0.493 e. The van der Waals surface area contributed by atoms with E-state index in [9.17, 15) is 4.79 Å². The fourth-order valence-electron chi connectivity index (χ4n) is 4.04. The lowest BCUT2D eigenvalue weighted by molar-refractivity contribution is 0.418. The normalized spacial score (nSPS) is 15.2. The van der Waals surface area contributed by atoms with Gasteiger partial charge in [-0.15, -0.1) is 11.3 Å². The number of hydrogen-bond acceptors (Lipinski definition) is 5. The second-order valence-electron chi connectivity index (χ2n) is 6.72. The summed E-state index contributed by atoms with van der Waals surface area (Å²) in [7, 11) is 1.69. The van der Waals surface area contributed by atoms with Crippen molar-refractivity contribution in [2.24, 2.45) is 0 Å². The van der Waals surface area contributed by atoms with Gasteiger partial charge in [-0.25, -0.2) is 0 Å². The molecule has 0 unspecified atom stereocenters. The van der Waals surface area contributed by atoms with E-state index in [1.54, 1.807) is 18.4 Å². The SMILES string of the molecule is COc1c(N2CCCCC2)c2c(=O)c3ccccc3oc2c2ccsc12. The number of ether oxygens (including phenoxy) is 1. The molecule has 0 bridgehead atoms. The zero-order valence-corrected chi connectivity index (χ0v) is 15.4. The lowest BCUT2D eigenvalue weighted by Gasteiger charge is -2.31. The van der Waals surface area contributed by atoms with Gasteiger partial charge in [0.1, 0.15) is 11.2 Å². The lowest BCUT2D eigenvalue weighted by atomic mass is 10.0. The molecule has 1 aliphatic heterocycles. The number of methoxy groups -OCH3 is 1. The number of rotatable bonds is 2. The van der Waals surface area contributed by atoms with Gasteiger partial charge in [-0.2, -0.15) is 0 Å². The minimum absolute atomic E-state index is 0.0221. The molecule has 0 saturated carbocycles. The first-order valence-electron chi connectivity index (χ1n) is 8.97. The maximum atomic E-state index is 13.4. The van der Waals surface area contributed by atoms with Crippen LogP contribution >= 0.6 is 11.3 Å². The Morgan fingerprint density at radius 3 is 2.69 bits per heavy atom. The molecule has 0 aliphatic carbocycles. The third-order valence-corrected chi connectivity index (χ3v) is 6.16. The molecule has 26 heavy (non-hydrogen) atoms. The Kier molecular flexibility index (Phi) is 3.64. The maximum absolute atomic E-state index is 13.4. The number of thiophene rings is 1. The molecule has 0 N–H and O–H groups in total. The summed E-state index contributed by atoms with van der Waals surface area (Å²) in [5, 5.41) is 4.25. The van der Waals surface area contributed by atoms with E-state index < -0.39 is 0 Å². The Morgan fingerprint density at radius 1 is 1.08 bits per heavy atom. The van der Waals surface area contributed by atoms with E-state index in [1.807, 2.05) is 35.7 Å². The molecule has 1 aliphatic rings. The predicted octanol–water partition coefficient (Wildman–Crippen LogP) is 5.16. The first-order chi connectivity index (χ1) is 12.8. The van der Waals surface area contributed by atoms with Crippen LogP contribution in [0.3, 0.4) is 0 Å². The Hall–Kier alpha value is -2.53. The number of para-hydroxylation sites is 1. The molecule has 4 aromatic rings. The average Bonchev–Trinajstić information content (AvgIpc) is 3.18. The van der Waals surface area contributed by atoms with Crippen LogP contribution in [0.4, 0.5) is 5.69 Å². The number of anilines is 1. The summed E-state index contributed by atoms with van der Waals surface area (Å²) < 4.78 is 13.1. The summed E-state index contributed by atoms with van der Waals surface area (Å²) >= 11 is 1.63. The van der Waals surface area contributed by atoms with Crippen molar-refractivity contribution in [2.45, 2.75) is 19.3 Å². The Bertz CT molecular complexity index is 1180. The highest BCUT2D eigenvalue weighted by molar-refractivity contribution is 7.17. The quantitative estimate of drug-likeness (QED) is 0.460. The van der Waals surface area contributed by atoms with Gasteiger partial charge in [0.2, 0.25) is 5.43 Å². The summed E-state index contributed by atoms with van der Waals surface area (Å²) in [5.41, 5.74) is 2.23. The van der Waals surface area contributed by atoms with Crippen LogP contribution in [0.1, 0.15) is 19.3 Å². The molecule has 1 saturated heterocycles. The van der Waals surface area contributed by atoms with Gasteiger partial charge in [0.15, 0.2) is 5.75 Å². The second kappa shape index (κ2) is 6.02. The number of benzene rings is 2. The molecular formula is C21H19NO3S. The highest BCUT2D eigenvalue weighted by Gasteiger charge is 2.26. The van der Waals surface area contributed by atoms with Gasteiger partial charge in [0.05, 0.1) is 28.3 Å². The van der Waals surface area contributed by atoms with Gasteiger partial charge in [-0.3, -0.25) is 4.79 Å². The highest BCUT2D eigenvalue weighted by atomic mass is 32.1. The van der Waals surface area contributed by atoms with Crippen molar-refractivity contribution in [3.05, 3.63) is 45.9 Å². The van der Waals surface area contributed by atoms with Crippen molar-refractivity contribution >= 4 is 49.0 Å². The molecule has 0 atom stereocenters. The Balaban J connectivity index is 2.01. The van der Waals surface area contributed by atoms with Crippen LogP contribution in [0.2, 0.25) is 0 Å². The molecule has 4 nitrogen and oxygen atoms in total. The van der Waals surface area contributed by atoms with Crippen LogP contribution in [-0.2, 0) is 0 Å². The standard InChI is InChI=1S/C21H19NO3S/c1-24-20-17(22-10-5-2-6-11-22)16-18(23)13-7-3-4-8-15(13)25-19(16)14-9-12-26-21(14)20/h3-4,7-9,12H,2,5-6,10-11H2,1H3. The highest BCUT2D eigenvalue weighted by Crippen LogP contribution is 2.46. The maximum Gasteiger partial charge on any atom is 0.202 e. The smallest absolute Gasteiger partial charge is 0.202 e. The zero-order valence-electron chi connectivity index (χ0n) is 14.6. The predicted molar refractivity (Wildman–Crippen MR) is 108 cm³/mol. The molecule has 3 heterocycles. The number of piperidine rings is 1. The number of nitrogens with zero attached hydrogens (tertiary/aromatic N) is 1. The van der Waals surface area contributed by atoms with Gasteiger partial charge in [-0.1, -0.05) is 12.1 Å². The molecule has 5 rings (SSSR count). The largest absolute Gasteiger partial charge is 0.493 e. The van der Waals surface area contributed by atoms with Crippen molar-refractivity contribution in [1.29, 1.82) is 0 Å². The molecule has 0 amide bonds. The lowest BCUT2D eigenvalue weighted by Crippen LogP contribution is -2.30. The van der Waals surface area contributed by atoms with Crippen molar-refractivity contribution < 1.29 is 9.15 Å². The average molecular weight is 365 g/mol. The number of fused-ring (bicyclic) bond motifs is 4. The summed E-state index contributed by atoms with van der Waals surface area (Å²) in [5.74, 6) is 0.798. The Labute approximate surface area is 154 Å². The third kappa shape index (κ3) is 2.16. The molecule has 1 fully saturated rings. The van der Waals surface area contributed by atoms with Crippen molar-refractivity contribution in [1.82, 2.24) is 0 Å². The van der Waals surface area contributed by atoms with E-state index in [2.05, 4.69) is 4.90 Å². The van der Waals surface area contributed by atoms with Crippen LogP contribution in [0.25, 0.3) is 32.0 Å².